The zero-order chi connectivity index (χ0) is 12.6. The molecule has 1 amide bonds. The standard InChI is InChI=1S/C13H16N2OS/c1-9(2)10-6-4-5-7-11(10)15-12(16)8-14(3)13(15)17/h4-7,9H,8H2,1-3H3. The maximum absolute atomic E-state index is 12.0. The Morgan fingerprint density at radius 1 is 1.29 bits per heavy atom. The highest BCUT2D eigenvalue weighted by atomic mass is 32.1. The molecule has 1 aliphatic heterocycles. The highest BCUT2D eigenvalue weighted by Gasteiger charge is 2.32. The predicted octanol–water partition coefficient (Wildman–Crippen LogP) is 2.37. The van der Waals surface area contributed by atoms with E-state index in [9.17, 15) is 4.79 Å². The van der Waals surface area contributed by atoms with Crippen molar-refractivity contribution in [3.8, 4) is 0 Å². The summed E-state index contributed by atoms with van der Waals surface area (Å²) < 4.78 is 0. The summed E-state index contributed by atoms with van der Waals surface area (Å²) >= 11 is 5.30. The fourth-order valence-electron chi connectivity index (χ4n) is 2.04. The molecular formula is C13H16N2OS. The molecule has 1 aromatic carbocycles. The molecule has 0 aromatic heterocycles. The maximum Gasteiger partial charge on any atom is 0.252 e. The number of para-hydroxylation sites is 1. The molecular weight excluding hydrogens is 232 g/mol. The van der Waals surface area contributed by atoms with Crippen LogP contribution in [0.15, 0.2) is 24.3 Å². The minimum absolute atomic E-state index is 0.0469. The molecule has 0 spiro atoms. The van der Waals surface area contributed by atoms with Crippen molar-refractivity contribution in [2.75, 3.05) is 18.5 Å². The summed E-state index contributed by atoms with van der Waals surface area (Å²) in [6.45, 7) is 4.60. The minimum Gasteiger partial charge on any atom is -0.342 e. The van der Waals surface area contributed by atoms with Crippen molar-refractivity contribution in [1.29, 1.82) is 0 Å². The van der Waals surface area contributed by atoms with Gasteiger partial charge in [-0.25, -0.2) is 0 Å². The van der Waals surface area contributed by atoms with Gasteiger partial charge in [0.25, 0.3) is 5.91 Å². The number of hydrogen-bond acceptors (Lipinski definition) is 2. The molecule has 2 rings (SSSR count). The SMILES string of the molecule is CC(C)c1ccccc1N1C(=O)CN(C)C1=S. The van der Waals surface area contributed by atoms with Gasteiger partial charge in [0.05, 0.1) is 12.2 Å². The Kier molecular flexibility index (Phi) is 3.15. The first kappa shape index (κ1) is 12.0. The summed E-state index contributed by atoms with van der Waals surface area (Å²) in [7, 11) is 1.85. The fraction of sp³-hybridized carbons (Fsp3) is 0.385. The molecule has 90 valence electrons. The van der Waals surface area contributed by atoms with Gasteiger partial charge in [-0.2, -0.15) is 0 Å². The Labute approximate surface area is 107 Å². The minimum atomic E-state index is 0.0469. The lowest BCUT2D eigenvalue weighted by Crippen LogP contribution is -2.32. The second-order valence-electron chi connectivity index (χ2n) is 4.58. The zero-order valence-electron chi connectivity index (χ0n) is 10.3. The van der Waals surface area contributed by atoms with E-state index in [2.05, 4.69) is 13.8 Å². The maximum atomic E-state index is 12.0. The summed E-state index contributed by atoms with van der Waals surface area (Å²) in [6, 6.07) is 7.94. The van der Waals surface area contributed by atoms with Crippen molar-refractivity contribution >= 4 is 28.9 Å². The van der Waals surface area contributed by atoms with Crippen LogP contribution in [0.1, 0.15) is 25.3 Å². The van der Waals surface area contributed by atoms with E-state index in [0.29, 0.717) is 17.6 Å². The van der Waals surface area contributed by atoms with Crippen molar-refractivity contribution < 1.29 is 4.79 Å². The third-order valence-electron chi connectivity index (χ3n) is 2.94. The molecule has 4 heteroatoms. The van der Waals surface area contributed by atoms with Crippen molar-refractivity contribution in [3.05, 3.63) is 29.8 Å². The Morgan fingerprint density at radius 2 is 1.94 bits per heavy atom. The third-order valence-corrected chi connectivity index (χ3v) is 3.43. The number of hydrogen-bond donors (Lipinski definition) is 0. The smallest absolute Gasteiger partial charge is 0.252 e. The van der Waals surface area contributed by atoms with Crippen molar-refractivity contribution in [2.45, 2.75) is 19.8 Å². The Balaban J connectivity index is 2.47. The lowest BCUT2D eigenvalue weighted by atomic mass is 10.0. The fourth-order valence-corrected chi connectivity index (χ4v) is 2.30. The van der Waals surface area contributed by atoms with Crippen molar-refractivity contribution in [1.82, 2.24) is 4.90 Å². The number of carbonyl (C=O) groups is 1. The number of anilines is 1. The monoisotopic (exact) mass is 248 g/mol. The summed E-state index contributed by atoms with van der Waals surface area (Å²) in [5.74, 6) is 0.415. The van der Waals surface area contributed by atoms with Crippen LogP contribution in [-0.4, -0.2) is 29.5 Å². The largest absolute Gasteiger partial charge is 0.342 e. The van der Waals surface area contributed by atoms with Gasteiger partial charge in [0.2, 0.25) is 0 Å². The van der Waals surface area contributed by atoms with Gasteiger partial charge in [-0.15, -0.1) is 0 Å². The Bertz CT molecular complexity index is 470. The van der Waals surface area contributed by atoms with Crippen LogP contribution >= 0.6 is 12.2 Å². The molecule has 0 unspecified atom stereocenters. The van der Waals surface area contributed by atoms with E-state index in [-0.39, 0.29) is 5.91 Å². The molecule has 1 aliphatic rings. The van der Waals surface area contributed by atoms with E-state index in [1.54, 1.807) is 9.80 Å². The predicted molar refractivity (Wildman–Crippen MR) is 73.2 cm³/mol. The van der Waals surface area contributed by atoms with E-state index < -0.39 is 0 Å². The van der Waals surface area contributed by atoms with E-state index in [1.807, 2.05) is 31.3 Å². The van der Waals surface area contributed by atoms with Crippen LogP contribution in [0, 0.1) is 0 Å². The first-order chi connectivity index (χ1) is 8.02. The van der Waals surface area contributed by atoms with Crippen LogP contribution in [0.25, 0.3) is 0 Å². The number of likely N-dealkylation sites (N-methyl/N-ethyl adjacent to an activating group) is 1. The number of thiocarbonyl (C=S) groups is 1. The first-order valence-corrected chi connectivity index (χ1v) is 6.10. The molecule has 0 bridgehead atoms. The van der Waals surface area contributed by atoms with E-state index in [4.69, 9.17) is 12.2 Å². The van der Waals surface area contributed by atoms with E-state index >= 15 is 0 Å². The second kappa shape index (κ2) is 4.45. The number of rotatable bonds is 2. The van der Waals surface area contributed by atoms with Crippen LogP contribution < -0.4 is 4.90 Å². The lowest BCUT2D eigenvalue weighted by molar-refractivity contribution is -0.116. The first-order valence-electron chi connectivity index (χ1n) is 5.69. The number of nitrogens with zero attached hydrogens (tertiary/aromatic N) is 2. The Morgan fingerprint density at radius 3 is 2.47 bits per heavy atom. The van der Waals surface area contributed by atoms with Gasteiger partial charge < -0.3 is 4.90 Å². The topological polar surface area (TPSA) is 23.6 Å². The molecule has 1 heterocycles. The number of carbonyl (C=O) groups excluding carboxylic acids is 1. The highest BCUT2D eigenvalue weighted by molar-refractivity contribution is 7.80. The lowest BCUT2D eigenvalue weighted by Gasteiger charge is -2.21. The molecule has 17 heavy (non-hydrogen) atoms. The molecule has 0 atom stereocenters. The summed E-state index contributed by atoms with van der Waals surface area (Å²) in [5, 5.41) is 0.586. The summed E-state index contributed by atoms with van der Waals surface area (Å²) in [6.07, 6.45) is 0. The number of amides is 1. The van der Waals surface area contributed by atoms with Gasteiger partial charge in [0.15, 0.2) is 5.11 Å². The molecule has 3 nitrogen and oxygen atoms in total. The molecule has 1 fully saturated rings. The number of benzene rings is 1. The van der Waals surface area contributed by atoms with Crippen molar-refractivity contribution in [3.63, 3.8) is 0 Å². The van der Waals surface area contributed by atoms with Crippen LogP contribution in [0.4, 0.5) is 5.69 Å². The van der Waals surface area contributed by atoms with Gasteiger partial charge in [-0.1, -0.05) is 32.0 Å². The van der Waals surface area contributed by atoms with Crippen LogP contribution in [0.2, 0.25) is 0 Å². The normalized spacial score (nSPS) is 16.2. The highest BCUT2D eigenvalue weighted by Crippen LogP contribution is 2.29. The van der Waals surface area contributed by atoms with Gasteiger partial charge in [0.1, 0.15) is 0 Å². The molecule has 0 N–H and O–H groups in total. The molecule has 0 saturated carbocycles. The van der Waals surface area contributed by atoms with Gasteiger partial charge >= 0.3 is 0 Å². The van der Waals surface area contributed by atoms with Crippen LogP contribution in [-0.2, 0) is 4.79 Å². The average Bonchev–Trinajstić information content (AvgIpc) is 2.53. The molecule has 1 aromatic rings. The Hall–Kier alpha value is -1.42. The van der Waals surface area contributed by atoms with Crippen molar-refractivity contribution in [2.24, 2.45) is 0 Å². The van der Waals surface area contributed by atoms with E-state index in [0.717, 1.165) is 11.3 Å². The second-order valence-corrected chi connectivity index (χ2v) is 4.95. The van der Waals surface area contributed by atoms with Crippen LogP contribution in [0.5, 0.6) is 0 Å². The van der Waals surface area contributed by atoms with Gasteiger partial charge in [0, 0.05) is 7.05 Å². The van der Waals surface area contributed by atoms with Gasteiger partial charge in [-0.3, -0.25) is 9.69 Å². The average molecular weight is 248 g/mol. The molecule has 1 saturated heterocycles. The summed E-state index contributed by atoms with van der Waals surface area (Å²) in [5.41, 5.74) is 2.07. The molecule has 0 radical (unpaired) electrons. The van der Waals surface area contributed by atoms with Crippen LogP contribution in [0.3, 0.4) is 0 Å². The van der Waals surface area contributed by atoms with Gasteiger partial charge in [-0.05, 0) is 29.8 Å². The quantitative estimate of drug-likeness (QED) is 0.751. The molecule has 0 aliphatic carbocycles. The summed E-state index contributed by atoms with van der Waals surface area (Å²) in [4.78, 5) is 15.4. The zero-order valence-corrected chi connectivity index (χ0v) is 11.1. The third kappa shape index (κ3) is 2.05. The van der Waals surface area contributed by atoms with E-state index in [1.165, 1.54) is 0 Å².